The van der Waals surface area contributed by atoms with Crippen molar-refractivity contribution in [2.45, 2.75) is 11.8 Å². The first-order chi connectivity index (χ1) is 12.5. The largest absolute Gasteiger partial charge is 0.272 e. The Morgan fingerprint density at radius 1 is 1.31 bits per heavy atom. The first-order valence-electron chi connectivity index (χ1n) is 7.79. The van der Waals surface area contributed by atoms with Gasteiger partial charge in [0.15, 0.2) is 0 Å². The van der Waals surface area contributed by atoms with E-state index in [4.69, 9.17) is 11.6 Å². The summed E-state index contributed by atoms with van der Waals surface area (Å²) in [6.45, 7) is 1.92. The average Bonchev–Trinajstić information content (AvgIpc) is 2.62. The Balaban J connectivity index is 1.64. The minimum Gasteiger partial charge on any atom is -0.272 e. The van der Waals surface area contributed by atoms with Crippen molar-refractivity contribution in [1.82, 2.24) is 10.4 Å². The van der Waals surface area contributed by atoms with Crippen molar-refractivity contribution in [2.75, 3.05) is 5.75 Å². The van der Waals surface area contributed by atoms with Crippen LogP contribution >= 0.6 is 23.4 Å². The Kier molecular flexibility index (Phi) is 5.85. The van der Waals surface area contributed by atoms with Crippen LogP contribution in [0.25, 0.3) is 10.9 Å². The van der Waals surface area contributed by atoms with Crippen LogP contribution in [-0.4, -0.2) is 22.9 Å². The van der Waals surface area contributed by atoms with E-state index in [0.717, 1.165) is 21.5 Å². The van der Waals surface area contributed by atoms with E-state index in [1.54, 1.807) is 6.07 Å². The number of benzene rings is 2. The topological polar surface area (TPSA) is 54.4 Å². The van der Waals surface area contributed by atoms with Crippen LogP contribution in [0.2, 0.25) is 5.02 Å². The van der Waals surface area contributed by atoms with Gasteiger partial charge in [-0.1, -0.05) is 35.9 Å². The highest BCUT2D eigenvalue weighted by atomic mass is 35.5. The van der Waals surface area contributed by atoms with Crippen LogP contribution < -0.4 is 5.43 Å². The van der Waals surface area contributed by atoms with E-state index in [9.17, 15) is 9.18 Å². The summed E-state index contributed by atoms with van der Waals surface area (Å²) in [6.07, 6.45) is 1.20. The Labute approximate surface area is 159 Å². The number of thioether (sulfide) groups is 1. The van der Waals surface area contributed by atoms with Gasteiger partial charge in [0.2, 0.25) is 5.91 Å². The standard InChI is InChI=1S/C19H15ClFN3OS/c1-12-9-18(13-5-2-3-8-17(13)23-12)26-11-19(25)24-22-10-14-15(20)6-4-7-16(14)21/h2-10H,11H2,1H3,(H,24,25). The van der Waals surface area contributed by atoms with Gasteiger partial charge in [-0.3, -0.25) is 9.78 Å². The first kappa shape index (κ1) is 18.4. The molecule has 4 nitrogen and oxygen atoms in total. The quantitative estimate of drug-likeness (QED) is 0.396. The van der Waals surface area contributed by atoms with E-state index in [2.05, 4.69) is 15.5 Å². The number of amides is 1. The number of fused-ring (bicyclic) bond motifs is 1. The number of hydrogen-bond donors (Lipinski definition) is 1. The van der Waals surface area contributed by atoms with Crippen LogP contribution in [0.1, 0.15) is 11.3 Å². The average molecular weight is 388 g/mol. The molecule has 0 aliphatic carbocycles. The molecule has 0 spiro atoms. The number of para-hydroxylation sites is 1. The molecule has 26 heavy (non-hydrogen) atoms. The van der Waals surface area contributed by atoms with Gasteiger partial charge < -0.3 is 0 Å². The van der Waals surface area contributed by atoms with E-state index in [1.807, 2.05) is 37.3 Å². The normalized spacial score (nSPS) is 11.2. The van der Waals surface area contributed by atoms with E-state index < -0.39 is 5.82 Å². The molecule has 0 fully saturated rings. The molecule has 132 valence electrons. The molecule has 3 rings (SSSR count). The number of halogens is 2. The molecule has 1 amide bonds. The smallest absolute Gasteiger partial charge is 0.250 e. The summed E-state index contributed by atoms with van der Waals surface area (Å²) in [5, 5.41) is 5.01. The van der Waals surface area contributed by atoms with Gasteiger partial charge in [0.1, 0.15) is 5.82 Å². The molecule has 1 aromatic heterocycles. The van der Waals surface area contributed by atoms with Crippen molar-refractivity contribution in [3.8, 4) is 0 Å². The first-order valence-corrected chi connectivity index (χ1v) is 9.16. The zero-order valence-electron chi connectivity index (χ0n) is 13.9. The predicted octanol–water partition coefficient (Wildman–Crippen LogP) is 4.58. The second-order valence-corrected chi connectivity index (χ2v) is 6.92. The third-order valence-corrected chi connectivity index (χ3v) is 4.93. The van der Waals surface area contributed by atoms with Crippen molar-refractivity contribution in [3.05, 3.63) is 70.6 Å². The summed E-state index contributed by atoms with van der Waals surface area (Å²) < 4.78 is 13.6. The summed E-state index contributed by atoms with van der Waals surface area (Å²) >= 11 is 7.30. The third kappa shape index (κ3) is 4.39. The lowest BCUT2D eigenvalue weighted by atomic mass is 10.2. The van der Waals surface area contributed by atoms with E-state index in [1.165, 1.54) is 30.1 Å². The van der Waals surface area contributed by atoms with Gasteiger partial charge in [0.05, 0.1) is 22.5 Å². The second kappa shape index (κ2) is 8.29. The number of carbonyl (C=O) groups is 1. The fraction of sp³-hybridized carbons (Fsp3) is 0.105. The molecule has 0 bridgehead atoms. The Bertz CT molecular complexity index is 973. The Morgan fingerprint density at radius 2 is 2.12 bits per heavy atom. The summed E-state index contributed by atoms with van der Waals surface area (Å²) in [6, 6.07) is 14.1. The minimum atomic E-state index is -0.497. The molecule has 2 aromatic carbocycles. The molecule has 0 saturated carbocycles. The van der Waals surface area contributed by atoms with Crippen molar-refractivity contribution in [3.63, 3.8) is 0 Å². The highest BCUT2D eigenvalue weighted by Gasteiger charge is 2.08. The lowest BCUT2D eigenvalue weighted by molar-refractivity contribution is -0.118. The second-order valence-electron chi connectivity index (χ2n) is 5.50. The Morgan fingerprint density at radius 3 is 2.92 bits per heavy atom. The number of hydrazone groups is 1. The number of pyridine rings is 1. The highest BCUT2D eigenvalue weighted by Crippen LogP contribution is 2.27. The van der Waals surface area contributed by atoms with Crippen LogP contribution in [0.5, 0.6) is 0 Å². The van der Waals surface area contributed by atoms with Gasteiger partial charge in [-0.2, -0.15) is 5.10 Å². The monoisotopic (exact) mass is 387 g/mol. The number of nitrogens with one attached hydrogen (secondary N) is 1. The SMILES string of the molecule is Cc1cc(SCC(=O)NN=Cc2c(F)cccc2Cl)c2ccccc2n1. The van der Waals surface area contributed by atoms with Gasteiger partial charge in [-0.05, 0) is 31.2 Å². The van der Waals surface area contributed by atoms with E-state index in [0.29, 0.717) is 0 Å². The maximum absolute atomic E-state index is 13.6. The number of aryl methyl sites for hydroxylation is 1. The van der Waals surface area contributed by atoms with E-state index >= 15 is 0 Å². The molecular formula is C19H15ClFN3OS. The predicted molar refractivity (Wildman–Crippen MR) is 104 cm³/mol. The van der Waals surface area contributed by atoms with Crippen molar-refractivity contribution < 1.29 is 9.18 Å². The van der Waals surface area contributed by atoms with Crippen LogP contribution in [0, 0.1) is 12.7 Å². The van der Waals surface area contributed by atoms with Crippen molar-refractivity contribution >= 4 is 46.4 Å². The summed E-state index contributed by atoms with van der Waals surface area (Å²) in [7, 11) is 0. The number of aromatic nitrogens is 1. The van der Waals surface area contributed by atoms with Gasteiger partial charge in [0, 0.05) is 21.5 Å². The zero-order chi connectivity index (χ0) is 18.5. The third-order valence-electron chi connectivity index (χ3n) is 3.55. The number of nitrogens with zero attached hydrogens (tertiary/aromatic N) is 2. The lowest BCUT2D eigenvalue weighted by Crippen LogP contribution is -2.19. The number of rotatable bonds is 5. The molecule has 3 aromatic rings. The lowest BCUT2D eigenvalue weighted by Gasteiger charge is -2.07. The van der Waals surface area contributed by atoms with Crippen LogP contribution in [0.4, 0.5) is 4.39 Å². The van der Waals surface area contributed by atoms with Crippen LogP contribution in [-0.2, 0) is 4.79 Å². The number of carbonyl (C=O) groups excluding carboxylic acids is 1. The molecular weight excluding hydrogens is 373 g/mol. The molecule has 7 heteroatoms. The molecule has 1 N–H and O–H groups in total. The summed E-state index contributed by atoms with van der Waals surface area (Å²) in [4.78, 5) is 17.5. The Hall–Kier alpha value is -2.44. The molecule has 0 atom stereocenters. The van der Waals surface area contributed by atoms with Crippen molar-refractivity contribution in [1.29, 1.82) is 0 Å². The van der Waals surface area contributed by atoms with Gasteiger partial charge in [0.25, 0.3) is 0 Å². The summed E-state index contributed by atoms with van der Waals surface area (Å²) in [5.41, 5.74) is 4.30. The number of hydrogen-bond acceptors (Lipinski definition) is 4. The van der Waals surface area contributed by atoms with Gasteiger partial charge in [-0.25, -0.2) is 9.82 Å². The minimum absolute atomic E-state index is 0.137. The maximum atomic E-state index is 13.6. The molecule has 1 heterocycles. The van der Waals surface area contributed by atoms with Crippen molar-refractivity contribution in [2.24, 2.45) is 5.10 Å². The summed E-state index contributed by atoms with van der Waals surface area (Å²) in [5.74, 6) is -0.614. The molecule has 0 aliphatic heterocycles. The fourth-order valence-electron chi connectivity index (χ4n) is 2.37. The van der Waals surface area contributed by atoms with Crippen LogP contribution in [0.3, 0.4) is 0 Å². The molecule has 0 aliphatic rings. The highest BCUT2D eigenvalue weighted by molar-refractivity contribution is 8.00. The molecule has 0 saturated heterocycles. The van der Waals surface area contributed by atoms with Gasteiger partial charge >= 0.3 is 0 Å². The molecule has 0 unspecified atom stereocenters. The maximum Gasteiger partial charge on any atom is 0.250 e. The van der Waals surface area contributed by atoms with E-state index in [-0.39, 0.29) is 22.2 Å². The zero-order valence-corrected chi connectivity index (χ0v) is 15.4. The molecule has 0 radical (unpaired) electrons. The van der Waals surface area contributed by atoms with Crippen LogP contribution in [0.15, 0.2) is 58.5 Å². The fourth-order valence-corrected chi connectivity index (χ4v) is 3.51. The van der Waals surface area contributed by atoms with Gasteiger partial charge in [-0.15, -0.1) is 11.8 Å².